The Kier molecular flexibility index (Phi) is 6.26. The van der Waals surface area contributed by atoms with Crippen LogP contribution in [-0.4, -0.2) is 10.2 Å². The molecule has 2 N–H and O–H groups in total. The largest absolute Gasteiger partial charge is 0.508 e. The SMILES string of the molecule is CC(C)(C)c1ccc(O)cc1.CCC(C)(C)c1ccc(O)cc1. The molecule has 0 heterocycles. The third kappa shape index (κ3) is 5.97. The zero-order valence-corrected chi connectivity index (χ0v) is 15.2. The highest BCUT2D eigenvalue weighted by molar-refractivity contribution is 5.31. The molecule has 0 atom stereocenters. The topological polar surface area (TPSA) is 40.5 Å². The first kappa shape index (κ1) is 19.1. The van der Waals surface area contributed by atoms with E-state index >= 15 is 0 Å². The number of hydrogen-bond donors (Lipinski definition) is 2. The Morgan fingerprint density at radius 1 is 0.652 bits per heavy atom. The van der Waals surface area contributed by atoms with Crippen LogP contribution in [0.4, 0.5) is 0 Å². The summed E-state index contributed by atoms with van der Waals surface area (Å²) in [6.45, 7) is 13.0. The van der Waals surface area contributed by atoms with Crippen molar-refractivity contribution in [3.63, 3.8) is 0 Å². The van der Waals surface area contributed by atoms with E-state index in [9.17, 15) is 0 Å². The Bertz CT molecular complexity index is 587. The summed E-state index contributed by atoms with van der Waals surface area (Å²) in [6, 6.07) is 14.8. The fourth-order valence-corrected chi connectivity index (χ4v) is 2.08. The second-order valence-electron chi connectivity index (χ2n) is 7.58. The minimum Gasteiger partial charge on any atom is -0.508 e. The van der Waals surface area contributed by atoms with Gasteiger partial charge in [0.2, 0.25) is 0 Å². The van der Waals surface area contributed by atoms with Gasteiger partial charge in [0, 0.05) is 0 Å². The quantitative estimate of drug-likeness (QED) is 0.738. The molecule has 23 heavy (non-hydrogen) atoms. The second kappa shape index (κ2) is 7.54. The Hall–Kier alpha value is -1.96. The molecular weight excluding hydrogens is 284 g/mol. The van der Waals surface area contributed by atoms with Crippen molar-refractivity contribution in [3.05, 3.63) is 59.7 Å². The van der Waals surface area contributed by atoms with Gasteiger partial charge < -0.3 is 10.2 Å². The van der Waals surface area contributed by atoms with Crippen molar-refractivity contribution >= 4 is 0 Å². The predicted octanol–water partition coefficient (Wildman–Crippen LogP) is 5.77. The maximum Gasteiger partial charge on any atom is 0.115 e. The van der Waals surface area contributed by atoms with Crippen molar-refractivity contribution in [2.45, 2.75) is 58.8 Å². The van der Waals surface area contributed by atoms with Crippen molar-refractivity contribution < 1.29 is 10.2 Å². The van der Waals surface area contributed by atoms with Gasteiger partial charge in [-0.25, -0.2) is 0 Å². The first-order valence-corrected chi connectivity index (χ1v) is 8.15. The molecular formula is C21H30O2. The third-order valence-electron chi connectivity index (χ3n) is 4.27. The lowest BCUT2D eigenvalue weighted by atomic mass is 9.82. The Morgan fingerprint density at radius 3 is 1.30 bits per heavy atom. The summed E-state index contributed by atoms with van der Waals surface area (Å²) in [7, 11) is 0. The van der Waals surface area contributed by atoms with E-state index in [-0.39, 0.29) is 10.8 Å². The Balaban J connectivity index is 0.000000231. The smallest absolute Gasteiger partial charge is 0.115 e. The molecule has 0 spiro atoms. The van der Waals surface area contributed by atoms with E-state index in [0.29, 0.717) is 11.5 Å². The fourth-order valence-electron chi connectivity index (χ4n) is 2.08. The normalized spacial score (nSPS) is 11.6. The molecule has 0 amide bonds. The van der Waals surface area contributed by atoms with Gasteiger partial charge in [0.05, 0.1) is 0 Å². The molecule has 0 aromatic heterocycles. The van der Waals surface area contributed by atoms with Crippen LogP contribution in [0, 0.1) is 0 Å². The highest BCUT2D eigenvalue weighted by Crippen LogP contribution is 2.27. The number of benzene rings is 2. The van der Waals surface area contributed by atoms with Gasteiger partial charge >= 0.3 is 0 Å². The molecule has 0 bridgehead atoms. The Labute approximate surface area is 140 Å². The maximum atomic E-state index is 9.10. The van der Waals surface area contributed by atoms with Crippen LogP contribution in [0.3, 0.4) is 0 Å². The first-order valence-electron chi connectivity index (χ1n) is 8.15. The lowest BCUT2D eigenvalue weighted by molar-refractivity contribution is 0.471. The van der Waals surface area contributed by atoms with Crippen molar-refractivity contribution in [2.24, 2.45) is 0 Å². The molecule has 0 unspecified atom stereocenters. The van der Waals surface area contributed by atoms with Gasteiger partial charge in [-0.05, 0) is 52.6 Å². The van der Waals surface area contributed by atoms with E-state index in [1.807, 2.05) is 24.3 Å². The highest BCUT2D eigenvalue weighted by Gasteiger charge is 2.17. The van der Waals surface area contributed by atoms with Gasteiger partial charge in [-0.1, -0.05) is 65.8 Å². The summed E-state index contributed by atoms with van der Waals surface area (Å²) >= 11 is 0. The molecule has 0 saturated carbocycles. The average Bonchev–Trinajstić information content (AvgIpc) is 2.48. The maximum absolute atomic E-state index is 9.10. The molecule has 2 heteroatoms. The zero-order valence-electron chi connectivity index (χ0n) is 15.2. The summed E-state index contributed by atoms with van der Waals surface area (Å²) in [6.07, 6.45) is 1.11. The van der Waals surface area contributed by atoms with Crippen LogP contribution in [0.2, 0.25) is 0 Å². The van der Waals surface area contributed by atoms with Crippen LogP contribution in [0.15, 0.2) is 48.5 Å². The molecule has 2 aromatic rings. The van der Waals surface area contributed by atoms with Gasteiger partial charge in [0.1, 0.15) is 11.5 Å². The zero-order chi connectivity index (χ0) is 17.7. The highest BCUT2D eigenvalue weighted by atomic mass is 16.3. The molecule has 2 aromatic carbocycles. The molecule has 0 saturated heterocycles. The van der Waals surface area contributed by atoms with Gasteiger partial charge in [-0.15, -0.1) is 0 Å². The van der Waals surface area contributed by atoms with Crippen LogP contribution in [-0.2, 0) is 10.8 Å². The minimum absolute atomic E-state index is 0.174. The number of phenols is 2. The van der Waals surface area contributed by atoms with Crippen LogP contribution < -0.4 is 0 Å². The van der Waals surface area contributed by atoms with Gasteiger partial charge in [-0.3, -0.25) is 0 Å². The standard InChI is InChI=1S/C11H16O.C10H14O/c1-4-11(2,3)9-5-7-10(12)8-6-9;1-10(2,3)8-4-6-9(11)7-5-8/h5-8,12H,4H2,1-3H3;4-7,11H,1-3H3. The lowest BCUT2D eigenvalue weighted by Crippen LogP contribution is -2.14. The molecule has 126 valence electrons. The lowest BCUT2D eigenvalue weighted by Gasteiger charge is -2.22. The molecule has 2 nitrogen and oxygen atoms in total. The minimum atomic E-state index is 0.174. The second-order valence-corrected chi connectivity index (χ2v) is 7.58. The third-order valence-corrected chi connectivity index (χ3v) is 4.27. The monoisotopic (exact) mass is 314 g/mol. The number of rotatable bonds is 2. The molecule has 0 aliphatic carbocycles. The summed E-state index contributed by atoms with van der Waals surface area (Å²) < 4.78 is 0. The van der Waals surface area contributed by atoms with Gasteiger partial charge in [-0.2, -0.15) is 0 Å². The molecule has 0 aliphatic heterocycles. The van der Waals surface area contributed by atoms with Crippen LogP contribution in [0.1, 0.15) is 59.1 Å². The van der Waals surface area contributed by atoms with E-state index in [0.717, 1.165) is 6.42 Å². The van der Waals surface area contributed by atoms with Gasteiger partial charge in [0.15, 0.2) is 0 Å². The van der Waals surface area contributed by atoms with E-state index < -0.39 is 0 Å². The van der Waals surface area contributed by atoms with Crippen molar-refractivity contribution in [1.29, 1.82) is 0 Å². The van der Waals surface area contributed by atoms with Crippen molar-refractivity contribution in [2.75, 3.05) is 0 Å². The number of hydrogen-bond acceptors (Lipinski definition) is 2. The first-order chi connectivity index (χ1) is 10.6. The average molecular weight is 314 g/mol. The van der Waals surface area contributed by atoms with Crippen LogP contribution in [0.25, 0.3) is 0 Å². The van der Waals surface area contributed by atoms with Crippen LogP contribution >= 0.6 is 0 Å². The van der Waals surface area contributed by atoms with Crippen LogP contribution in [0.5, 0.6) is 11.5 Å². The summed E-state index contributed by atoms with van der Waals surface area (Å²) in [5, 5.41) is 18.1. The van der Waals surface area contributed by atoms with E-state index in [2.05, 4.69) is 41.5 Å². The summed E-state index contributed by atoms with van der Waals surface area (Å²) in [5.41, 5.74) is 2.92. The number of aromatic hydroxyl groups is 2. The van der Waals surface area contributed by atoms with Crippen molar-refractivity contribution in [3.8, 4) is 11.5 Å². The van der Waals surface area contributed by atoms with Crippen molar-refractivity contribution in [1.82, 2.24) is 0 Å². The molecule has 0 radical (unpaired) electrons. The summed E-state index contributed by atoms with van der Waals surface area (Å²) in [4.78, 5) is 0. The van der Waals surface area contributed by atoms with E-state index in [1.165, 1.54) is 11.1 Å². The van der Waals surface area contributed by atoms with Gasteiger partial charge in [0.25, 0.3) is 0 Å². The molecule has 0 fully saturated rings. The predicted molar refractivity (Wildman–Crippen MR) is 98.2 cm³/mol. The van der Waals surface area contributed by atoms with E-state index in [4.69, 9.17) is 10.2 Å². The van der Waals surface area contributed by atoms with E-state index in [1.54, 1.807) is 24.3 Å². The summed E-state index contributed by atoms with van der Waals surface area (Å²) in [5.74, 6) is 0.670. The molecule has 0 aliphatic rings. The Morgan fingerprint density at radius 2 is 1.00 bits per heavy atom. The fraction of sp³-hybridized carbons (Fsp3) is 0.429. The number of phenolic OH excluding ortho intramolecular Hbond substituents is 2. The molecule has 2 rings (SSSR count).